The van der Waals surface area contributed by atoms with Gasteiger partial charge < -0.3 is 14.7 Å². The van der Waals surface area contributed by atoms with Gasteiger partial charge in [0.15, 0.2) is 0 Å². The van der Waals surface area contributed by atoms with Gasteiger partial charge in [-0.15, -0.1) is 0 Å². The number of rotatable bonds is 4. The second kappa shape index (κ2) is 5.50. The standard InChI is InChI=1S/C10H15NO4/c1-11(7-8-3-2-6-15-8)9(12)4-5-10(13)14/h4-5,8H,2-3,6-7H2,1H3,(H,13,14). The van der Waals surface area contributed by atoms with Crippen LogP contribution in [0.1, 0.15) is 12.8 Å². The summed E-state index contributed by atoms with van der Waals surface area (Å²) in [5.41, 5.74) is 0. The van der Waals surface area contributed by atoms with Crippen molar-refractivity contribution in [1.82, 2.24) is 4.90 Å². The monoisotopic (exact) mass is 213 g/mol. The van der Waals surface area contributed by atoms with Gasteiger partial charge in [0.1, 0.15) is 0 Å². The molecule has 0 spiro atoms. The lowest BCUT2D eigenvalue weighted by atomic mass is 10.2. The third-order valence-electron chi connectivity index (χ3n) is 2.25. The zero-order chi connectivity index (χ0) is 11.3. The minimum atomic E-state index is -1.12. The van der Waals surface area contributed by atoms with E-state index in [0.717, 1.165) is 31.6 Å². The molecular weight excluding hydrogens is 198 g/mol. The van der Waals surface area contributed by atoms with Gasteiger partial charge in [-0.1, -0.05) is 0 Å². The Hall–Kier alpha value is -1.36. The first-order valence-corrected chi connectivity index (χ1v) is 4.87. The Morgan fingerprint density at radius 2 is 2.27 bits per heavy atom. The van der Waals surface area contributed by atoms with E-state index in [9.17, 15) is 9.59 Å². The Bertz CT molecular complexity index is 269. The molecule has 1 unspecified atom stereocenters. The number of hydrogen-bond donors (Lipinski definition) is 1. The first kappa shape index (κ1) is 11.7. The molecule has 0 bridgehead atoms. The molecule has 1 heterocycles. The molecule has 0 aliphatic carbocycles. The molecule has 1 aliphatic heterocycles. The summed E-state index contributed by atoms with van der Waals surface area (Å²) in [6.07, 6.45) is 3.97. The molecule has 0 aromatic carbocycles. The highest BCUT2D eigenvalue weighted by molar-refractivity contribution is 5.93. The van der Waals surface area contributed by atoms with Crippen LogP contribution in [0, 0.1) is 0 Å². The summed E-state index contributed by atoms with van der Waals surface area (Å²) in [5.74, 6) is -1.43. The number of carbonyl (C=O) groups excluding carboxylic acids is 1. The maximum absolute atomic E-state index is 11.4. The predicted octanol–water partition coefficient (Wildman–Crippen LogP) is 0.265. The van der Waals surface area contributed by atoms with E-state index in [1.165, 1.54) is 4.90 Å². The van der Waals surface area contributed by atoms with Crippen LogP contribution in [0.4, 0.5) is 0 Å². The topological polar surface area (TPSA) is 66.8 Å². The van der Waals surface area contributed by atoms with Crippen LogP contribution in [0.15, 0.2) is 12.2 Å². The number of carboxylic acid groups (broad SMARTS) is 1. The molecule has 1 aliphatic rings. The lowest BCUT2D eigenvalue weighted by Gasteiger charge is -2.18. The third kappa shape index (κ3) is 4.12. The summed E-state index contributed by atoms with van der Waals surface area (Å²) < 4.78 is 5.37. The van der Waals surface area contributed by atoms with E-state index in [1.54, 1.807) is 7.05 Å². The normalized spacial score (nSPS) is 20.7. The molecular formula is C10H15NO4. The van der Waals surface area contributed by atoms with Crippen LogP contribution in [0.25, 0.3) is 0 Å². The van der Waals surface area contributed by atoms with Crippen molar-refractivity contribution in [3.8, 4) is 0 Å². The molecule has 1 atom stereocenters. The second-order valence-electron chi connectivity index (χ2n) is 3.53. The van der Waals surface area contributed by atoms with Crippen LogP contribution < -0.4 is 0 Å². The maximum Gasteiger partial charge on any atom is 0.328 e. The van der Waals surface area contributed by atoms with Crippen molar-refractivity contribution in [2.45, 2.75) is 18.9 Å². The van der Waals surface area contributed by atoms with E-state index in [4.69, 9.17) is 9.84 Å². The Labute approximate surface area is 88.3 Å². The minimum Gasteiger partial charge on any atom is -0.478 e. The van der Waals surface area contributed by atoms with Gasteiger partial charge in [0.05, 0.1) is 6.10 Å². The number of aliphatic carboxylic acids is 1. The average Bonchev–Trinajstić information content (AvgIpc) is 2.66. The number of likely N-dealkylation sites (N-methyl/N-ethyl adjacent to an activating group) is 1. The number of nitrogens with zero attached hydrogens (tertiary/aromatic N) is 1. The summed E-state index contributed by atoms with van der Waals surface area (Å²) >= 11 is 0. The Balaban J connectivity index is 2.35. The summed E-state index contributed by atoms with van der Waals surface area (Å²) in [7, 11) is 1.64. The van der Waals surface area contributed by atoms with Gasteiger partial charge in [-0.05, 0) is 12.8 Å². The molecule has 1 N–H and O–H groups in total. The molecule has 84 valence electrons. The number of carboxylic acids is 1. The number of ether oxygens (including phenoxy) is 1. The fraction of sp³-hybridized carbons (Fsp3) is 0.600. The van der Waals surface area contributed by atoms with E-state index in [2.05, 4.69) is 0 Å². The van der Waals surface area contributed by atoms with E-state index >= 15 is 0 Å². The van der Waals surface area contributed by atoms with E-state index in [1.807, 2.05) is 0 Å². The summed E-state index contributed by atoms with van der Waals surface area (Å²) in [6, 6.07) is 0. The zero-order valence-electron chi connectivity index (χ0n) is 8.68. The first-order chi connectivity index (χ1) is 7.09. The summed E-state index contributed by atoms with van der Waals surface area (Å²) in [4.78, 5) is 23.0. The molecule has 0 radical (unpaired) electrons. The van der Waals surface area contributed by atoms with Gasteiger partial charge in [-0.25, -0.2) is 4.79 Å². The van der Waals surface area contributed by atoms with Crippen molar-refractivity contribution in [3.63, 3.8) is 0 Å². The van der Waals surface area contributed by atoms with Gasteiger partial charge >= 0.3 is 5.97 Å². The Kier molecular flexibility index (Phi) is 4.30. The number of carbonyl (C=O) groups is 2. The van der Waals surface area contributed by atoms with E-state index in [0.29, 0.717) is 6.54 Å². The van der Waals surface area contributed by atoms with E-state index < -0.39 is 5.97 Å². The fourth-order valence-corrected chi connectivity index (χ4v) is 1.45. The highest BCUT2D eigenvalue weighted by atomic mass is 16.5. The quantitative estimate of drug-likeness (QED) is 0.680. The van der Waals surface area contributed by atoms with Crippen LogP contribution in [-0.4, -0.2) is 48.2 Å². The summed E-state index contributed by atoms with van der Waals surface area (Å²) in [5, 5.41) is 8.35. The van der Waals surface area contributed by atoms with Crippen molar-refractivity contribution < 1.29 is 19.4 Å². The van der Waals surface area contributed by atoms with Crippen molar-refractivity contribution in [3.05, 3.63) is 12.2 Å². The maximum atomic E-state index is 11.4. The molecule has 0 aromatic heterocycles. The Morgan fingerprint density at radius 3 is 2.80 bits per heavy atom. The van der Waals surface area contributed by atoms with Crippen molar-refractivity contribution in [2.75, 3.05) is 20.2 Å². The molecule has 1 saturated heterocycles. The van der Waals surface area contributed by atoms with Crippen LogP contribution in [-0.2, 0) is 14.3 Å². The van der Waals surface area contributed by atoms with Gasteiger partial charge in [-0.3, -0.25) is 4.79 Å². The van der Waals surface area contributed by atoms with Crippen molar-refractivity contribution in [2.24, 2.45) is 0 Å². The van der Waals surface area contributed by atoms with Gasteiger partial charge in [0.2, 0.25) is 5.91 Å². The molecule has 1 amide bonds. The molecule has 1 fully saturated rings. The van der Waals surface area contributed by atoms with Gasteiger partial charge in [0, 0.05) is 32.4 Å². The second-order valence-corrected chi connectivity index (χ2v) is 3.53. The van der Waals surface area contributed by atoms with Crippen LogP contribution in [0.5, 0.6) is 0 Å². The summed E-state index contributed by atoms with van der Waals surface area (Å²) in [6.45, 7) is 1.26. The lowest BCUT2D eigenvalue weighted by Crippen LogP contribution is -2.32. The fourth-order valence-electron chi connectivity index (χ4n) is 1.45. The highest BCUT2D eigenvalue weighted by Crippen LogP contribution is 2.12. The molecule has 0 aromatic rings. The lowest BCUT2D eigenvalue weighted by molar-refractivity contribution is -0.132. The molecule has 1 rings (SSSR count). The predicted molar refractivity (Wildman–Crippen MR) is 53.4 cm³/mol. The number of amides is 1. The van der Waals surface area contributed by atoms with Crippen LogP contribution >= 0.6 is 0 Å². The smallest absolute Gasteiger partial charge is 0.328 e. The molecule has 15 heavy (non-hydrogen) atoms. The van der Waals surface area contributed by atoms with Gasteiger partial charge in [0.25, 0.3) is 0 Å². The van der Waals surface area contributed by atoms with Crippen LogP contribution in [0.2, 0.25) is 0 Å². The minimum absolute atomic E-state index is 0.0946. The number of hydrogen-bond acceptors (Lipinski definition) is 3. The van der Waals surface area contributed by atoms with Crippen molar-refractivity contribution in [1.29, 1.82) is 0 Å². The van der Waals surface area contributed by atoms with E-state index in [-0.39, 0.29) is 12.0 Å². The third-order valence-corrected chi connectivity index (χ3v) is 2.25. The molecule has 0 saturated carbocycles. The molecule has 5 nitrogen and oxygen atoms in total. The zero-order valence-corrected chi connectivity index (χ0v) is 8.68. The largest absolute Gasteiger partial charge is 0.478 e. The average molecular weight is 213 g/mol. The van der Waals surface area contributed by atoms with Gasteiger partial charge in [-0.2, -0.15) is 0 Å². The van der Waals surface area contributed by atoms with Crippen molar-refractivity contribution >= 4 is 11.9 Å². The van der Waals surface area contributed by atoms with Crippen LogP contribution in [0.3, 0.4) is 0 Å². The highest BCUT2D eigenvalue weighted by Gasteiger charge is 2.18. The SMILES string of the molecule is CN(CC1CCCO1)C(=O)C=CC(=O)O. The first-order valence-electron chi connectivity index (χ1n) is 4.87. The molecule has 5 heteroatoms. The Morgan fingerprint density at radius 1 is 1.53 bits per heavy atom.